The van der Waals surface area contributed by atoms with Crippen molar-refractivity contribution in [1.29, 1.82) is 0 Å². The summed E-state index contributed by atoms with van der Waals surface area (Å²) in [5.74, 6) is 0. The van der Waals surface area contributed by atoms with E-state index in [0.717, 1.165) is 6.07 Å². The lowest BCUT2D eigenvalue weighted by Crippen LogP contribution is -2.08. The van der Waals surface area contributed by atoms with Crippen molar-refractivity contribution < 1.29 is 8.78 Å². The van der Waals surface area contributed by atoms with Crippen LogP contribution in [0.15, 0.2) is 10.9 Å². The van der Waals surface area contributed by atoms with E-state index in [0.29, 0.717) is 0 Å². The van der Waals surface area contributed by atoms with Crippen molar-refractivity contribution in [3.63, 3.8) is 0 Å². The van der Waals surface area contributed by atoms with Crippen molar-refractivity contribution in [2.24, 2.45) is 0 Å². The third-order valence-electron chi connectivity index (χ3n) is 1.20. The molecule has 0 aliphatic heterocycles. The molecule has 2 nitrogen and oxygen atoms in total. The average molecular weight is 305 g/mol. The molecule has 0 bridgehead atoms. The van der Waals surface area contributed by atoms with E-state index in [9.17, 15) is 13.6 Å². The minimum absolute atomic E-state index is 0.0431. The highest BCUT2D eigenvalue weighted by atomic mass is 127. The first-order chi connectivity index (χ1) is 5.52. The standard InChI is InChI=1S/C6H3ClF2INO/c7-5-4(10)2(6(8)9)1-3(12)11-5/h1,6H,(H,11,12). The molecule has 1 aromatic heterocycles. The highest BCUT2D eigenvalue weighted by molar-refractivity contribution is 14.1. The number of aromatic nitrogens is 1. The van der Waals surface area contributed by atoms with Crippen molar-refractivity contribution >= 4 is 34.2 Å². The Morgan fingerprint density at radius 2 is 2.17 bits per heavy atom. The summed E-state index contributed by atoms with van der Waals surface area (Å²) in [7, 11) is 0. The molecule has 0 aromatic carbocycles. The fourth-order valence-electron chi connectivity index (χ4n) is 0.689. The smallest absolute Gasteiger partial charge is 0.265 e. The Morgan fingerprint density at radius 3 is 2.67 bits per heavy atom. The number of nitrogens with one attached hydrogen (secondary N) is 1. The number of rotatable bonds is 1. The summed E-state index contributed by atoms with van der Waals surface area (Å²) in [5, 5.41) is -0.0431. The number of pyridine rings is 1. The molecule has 1 aromatic rings. The van der Waals surface area contributed by atoms with Gasteiger partial charge in [-0.25, -0.2) is 8.78 Å². The van der Waals surface area contributed by atoms with Crippen molar-refractivity contribution in [2.75, 3.05) is 0 Å². The molecule has 0 spiro atoms. The monoisotopic (exact) mass is 305 g/mol. The van der Waals surface area contributed by atoms with Gasteiger partial charge < -0.3 is 4.98 Å². The fraction of sp³-hybridized carbons (Fsp3) is 0.167. The molecule has 6 heteroatoms. The normalized spacial score (nSPS) is 10.8. The van der Waals surface area contributed by atoms with Crippen LogP contribution in [-0.2, 0) is 0 Å². The number of aromatic amines is 1. The number of H-pyrrole nitrogens is 1. The summed E-state index contributed by atoms with van der Waals surface area (Å²) >= 11 is 7.12. The molecule has 0 aliphatic rings. The van der Waals surface area contributed by atoms with E-state index < -0.39 is 12.0 Å². The molecule has 0 unspecified atom stereocenters. The summed E-state index contributed by atoms with van der Waals surface area (Å²) in [4.78, 5) is 12.9. The van der Waals surface area contributed by atoms with E-state index in [1.54, 1.807) is 22.6 Å². The van der Waals surface area contributed by atoms with Gasteiger partial charge in [-0.3, -0.25) is 4.79 Å². The Bertz CT molecular complexity index is 352. The van der Waals surface area contributed by atoms with E-state index in [2.05, 4.69) is 4.98 Å². The average Bonchev–Trinajstić information content (AvgIpc) is 1.96. The zero-order valence-corrected chi connectivity index (χ0v) is 8.49. The second kappa shape index (κ2) is 3.69. The van der Waals surface area contributed by atoms with Gasteiger partial charge in [-0.1, -0.05) is 11.6 Å². The van der Waals surface area contributed by atoms with Gasteiger partial charge in [-0.15, -0.1) is 0 Å². The van der Waals surface area contributed by atoms with Crippen LogP contribution in [0.4, 0.5) is 8.78 Å². The van der Waals surface area contributed by atoms with E-state index in [4.69, 9.17) is 11.6 Å². The van der Waals surface area contributed by atoms with E-state index in [-0.39, 0.29) is 14.3 Å². The highest BCUT2D eigenvalue weighted by Crippen LogP contribution is 2.26. The SMILES string of the molecule is O=c1cc(C(F)F)c(I)c(Cl)[nH]1. The Labute approximate surface area is 85.1 Å². The van der Waals surface area contributed by atoms with E-state index >= 15 is 0 Å². The Hall–Kier alpha value is -0.170. The van der Waals surface area contributed by atoms with Crippen LogP contribution in [0.2, 0.25) is 5.15 Å². The first-order valence-electron chi connectivity index (χ1n) is 2.88. The molecular formula is C6H3ClF2INO. The zero-order valence-electron chi connectivity index (χ0n) is 5.57. The first-order valence-corrected chi connectivity index (χ1v) is 4.34. The van der Waals surface area contributed by atoms with Crippen LogP contribution in [0.25, 0.3) is 0 Å². The van der Waals surface area contributed by atoms with Crippen LogP contribution >= 0.6 is 34.2 Å². The predicted octanol–water partition coefficient (Wildman–Crippen LogP) is 2.57. The van der Waals surface area contributed by atoms with Crippen LogP contribution in [0.5, 0.6) is 0 Å². The van der Waals surface area contributed by atoms with Gasteiger partial charge in [-0.05, 0) is 22.6 Å². The molecular weight excluding hydrogens is 302 g/mol. The molecule has 0 aliphatic carbocycles. The molecule has 1 heterocycles. The Balaban J connectivity index is 3.38. The minimum atomic E-state index is -2.67. The molecule has 0 atom stereocenters. The highest BCUT2D eigenvalue weighted by Gasteiger charge is 2.14. The molecule has 0 saturated carbocycles. The quantitative estimate of drug-likeness (QED) is 0.628. The summed E-state index contributed by atoms with van der Waals surface area (Å²) in [6.45, 7) is 0. The van der Waals surface area contributed by atoms with Gasteiger partial charge in [0, 0.05) is 11.6 Å². The number of halogens is 4. The van der Waals surface area contributed by atoms with Crippen LogP contribution in [0.3, 0.4) is 0 Å². The van der Waals surface area contributed by atoms with Gasteiger partial charge in [0.15, 0.2) is 0 Å². The Morgan fingerprint density at radius 1 is 1.58 bits per heavy atom. The summed E-state index contributed by atoms with van der Waals surface area (Å²) in [5.41, 5.74) is -0.944. The van der Waals surface area contributed by atoms with Gasteiger partial charge in [0.1, 0.15) is 5.15 Å². The molecule has 0 amide bonds. The molecule has 0 fully saturated rings. The summed E-state index contributed by atoms with van der Waals surface area (Å²) < 4.78 is 24.5. The fourth-order valence-corrected chi connectivity index (χ4v) is 1.42. The maximum Gasteiger partial charge on any atom is 0.265 e. The second-order valence-electron chi connectivity index (χ2n) is 2.02. The second-order valence-corrected chi connectivity index (χ2v) is 3.47. The zero-order chi connectivity index (χ0) is 9.30. The predicted molar refractivity (Wildman–Crippen MR) is 49.7 cm³/mol. The minimum Gasteiger partial charge on any atom is -0.312 e. The largest absolute Gasteiger partial charge is 0.312 e. The first kappa shape index (κ1) is 9.91. The summed E-state index contributed by atoms with van der Waals surface area (Å²) in [6.07, 6.45) is -2.67. The van der Waals surface area contributed by atoms with Gasteiger partial charge in [0.05, 0.1) is 3.57 Å². The molecule has 1 N–H and O–H groups in total. The van der Waals surface area contributed by atoms with Gasteiger partial charge in [0.2, 0.25) is 5.56 Å². The molecule has 66 valence electrons. The van der Waals surface area contributed by atoms with Gasteiger partial charge >= 0.3 is 0 Å². The van der Waals surface area contributed by atoms with Crippen LogP contribution in [0.1, 0.15) is 12.0 Å². The van der Waals surface area contributed by atoms with E-state index in [1.165, 1.54) is 0 Å². The van der Waals surface area contributed by atoms with Crippen molar-refractivity contribution in [3.05, 3.63) is 30.7 Å². The van der Waals surface area contributed by atoms with Crippen LogP contribution in [0, 0.1) is 3.57 Å². The summed E-state index contributed by atoms with van der Waals surface area (Å²) in [6, 6.07) is 0.846. The Kier molecular flexibility index (Phi) is 3.05. The maximum atomic E-state index is 12.2. The maximum absolute atomic E-state index is 12.2. The van der Waals surface area contributed by atoms with Crippen LogP contribution in [-0.4, -0.2) is 4.98 Å². The lowest BCUT2D eigenvalue weighted by Gasteiger charge is -2.02. The number of hydrogen-bond acceptors (Lipinski definition) is 1. The third-order valence-corrected chi connectivity index (χ3v) is 2.97. The lowest BCUT2D eigenvalue weighted by molar-refractivity contribution is 0.150. The molecule has 0 radical (unpaired) electrons. The topological polar surface area (TPSA) is 32.9 Å². The molecule has 1 rings (SSSR count). The lowest BCUT2D eigenvalue weighted by atomic mass is 10.3. The van der Waals surface area contributed by atoms with Crippen molar-refractivity contribution in [1.82, 2.24) is 4.98 Å². The van der Waals surface area contributed by atoms with E-state index in [1.807, 2.05) is 0 Å². The van der Waals surface area contributed by atoms with Gasteiger partial charge in [-0.2, -0.15) is 0 Å². The van der Waals surface area contributed by atoms with Crippen molar-refractivity contribution in [3.8, 4) is 0 Å². The van der Waals surface area contributed by atoms with Gasteiger partial charge in [0.25, 0.3) is 6.43 Å². The number of hydrogen-bond donors (Lipinski definition) is 1. The third kappa shape index (κ3) is 1.95. The molecule has 0 saturated heterocycles. The molecule has 12 heavy (non-hydrogen) atoms. The van der Waals surface area contributed by atoms with Crippen LogP contribution < -0.4 is 5.56 Å². The van der Waals surface area contributed by atoms with Crippen molar-refractivity contribution in [2.45, 2.75) is 6.43 Å². The number of alkyl halides is 2.